The summed E-state index contributed by atoms with van der Waals surface area (Å²) in [5.41, 5.74) is 4.44. The molecule has 3 saturated carbocycles. The zero-order valence-corrected chi connectivity index (χ0v) is 39.4. The molecule has 11 unspecified atom stereocenters. The second-order valence-corrected chi connectivity index (χ2v) is 21.2. The molecule has 11 atom stereocenters. The van der Waals surface area contributed by atoms with Crippen LogP contribution in [-0.2, 0) is 56.9 Å². The number of rotatable bonds is 12. The van der Waals surface area contributed by atoms with Gasteiger partial charge >= 0.3 is 5.97 Å². The number of fused-ring (bicyclic) bond motifs is 6. The van der Waals surface area contributed by atoms with Crippen LogP contribution < -0.4 is 5.32 Å². The molecule has 4 aliphatic heterocycles. The quantitative estimate of drug-likeness (QED) is 0.112. The summed E-state index contributed by atoms with van der Waals surface area (Å²) >= 11 is 0. The van der Waals surface area contributed by atoms with E-state index in [2.05, 4.69) is 44.3 Å². The largest absolute Gasteiger partial charge is 0.458 e. The van der Waals surface area contributed by atoms with Crippen molar-refractivity contribution in [3.05, 3.63) is 149 Å². The van der Waals surface area contributed by atoms with Crippen molar-refractivity contribution in [2.24, 2.45) is 22.7 Å². The molecule has 2 N–H and O–H groups in total. The Morgan fingerprint density at radius 3 is 2.21 bits per heavy atom. The number of allylic oxidation sites excluding steroid dienone is 1. The summed E-state index contributed by atoms with van der Waals surface area (Å²) in [7, 11) is 1.63. The topological polar surface area (TPSA) is 139 Å². The average Bonchev–Trinajstić information content (AvgIpc) is 3.62. The third-order valence-corrected chi connectivity index (χ3v) is 16.8. The molecule has 0 spiro atoms. The summed E-state index contributed by atoms with van der Waals surface area (Å²) in [6.07, 6.45) is 4.66. The normalized spacial score (nSPS) is 33.8. The van der Waals surface area contributed by atoms with Crippen molar-refractivity contribution < 1.29 is 43.3 Å². The van der Waals surface area contributed by atoms with E-state index in [9.17, 15) is 14.7 Å². The highest BCUT2D eigenvalue weighted by atomic mass is 16.8. The number of amides is 2. The number of nitrogens with zero attached hydrogens (tertiary/aromatic N) is 2. The van der Waals surface area contributed by atoms with E-state index in [1.165, 1.54) is 10.5 Å². The molecule has 2 amide bonds. The molecule has 4 heterocycles. The Balaban J connectivity index is 0.993. The summed E-state index contributed by atoms with van der Waals surface area (Å²) in [6.45, 7) is 7.00. The molecule has 4 saturated heterocycles. The number of aliphatic hydroxyl groups excluding tert-OH is 1. The SMILES string of the molecule is CN(C(=O)C12CC3OC(=O)C1N(Cc1ccccc1C=C1CCC4OC4(C)CCC4C1CC4(C)C)OC2C1OC(c2ccccc2)(c2ccccc2)OC31)C(Cc1ccccc1)C(=O)NCCO. The van der Waals surface area contributed by atoms with E-state index in [4.69, 9.17) is 23.8 Å². The highest BCUT2D eigenvalue weighted by Gasteiger charge is 2.77. The Kier molecular flexibility index (Phi) is 11.5. The summed E-state index contributed by atoms with van der Waals surface area (Å²) in [5.74, 6) is -1.81. The van der Waals surface area contributed by atoms with E-state index in [1.54, 1.807) is 12.1 Å². The van der Waals surface area contributed by atoms with Crippen molar-refractivity contribution in [1.29, 1.82) is 0 Å². The maximum atomic E-state index is 16.0. The summed E-state index contributed by atoms with van der Waals surface area (Å²) < 4.78 is 27.1. The molecule has 12 nitrogen and oxygen atoms in total. The highest BCUT2D eigenvalue weighted by Crippen LogP contribution is 2.62. The van der Waals surface area contributed by atoms with Crippen molar-refractivity contribution in [1.82, 2.24) is 15.3 Å². The summed E-state index contributed by atoms with van der Waals surface area (Å²) in [5, 5.41) is 14.2. The van der Waals surface area contributed by atoms with Crippen LogP contribution in [0.2, 0.25) is 0 Å². The first kappa shape index (κ1) is 45.2. The molecule has 0 aromatic heterocycles. The van der Waals surface area contributed by atoms with Crippen LogP contribution in [0.4, 0.5) is 0 Å². The van der Waals surface area contributed by atoms with Gasteiger partial charge in [0.25, 0.3) is 0 Å². The van der Waals surface area contributed by atoms with Crippen LogP contribution in [0.5, 0.6) is 0 Å². The number of benzene rings is 4. The van der Waals surface area contributed by atoms with E-state index in [-0.39, 0.29) is 49.7 Å². The molecular weight excluding hydrogens is 859 g/mol. The maximum absolute atomic E-state index is 16.0. The van der Waals surface area contributed by atoms with Gasteiger partial charge in [0.15, 0.2) is 6.04 Å². The molecule has 2 bridgehead atoms. The number of aliphatic hydroxyl groups is 1. The fourth-order valence-corrected chi connectivity index (χ4v) is 13.1. The van der Waals surface area contributed by atoms with Crippen molar-refractivity contribution in [2.75, 3.05) is 20.2 Å². The number of likely N-dealkylation sites (N-methyl/N-ethyl adjacent to an activating group) is 1. The number of ether oxygens (including phenoxy) is 4. The number of carbonyl (C=O) groups is 3. The molecule has 0 radical (unpaired) electrons. The molecule has 11 rings (SSSR count). The predicted molar refractivity (Wildman–Crippen MR) is 253 cm³/mol. The third kappa shape index (κ3) is 7.54. The van der Waals surface area contributed by atoms with Gasteiger partial charge in [-0.1, -0.05) is 141 Å². The second-order valence-electron chi connectivity index (χ2n) is 21.2. The molecule has 12 heteroatoms. The van der Waals surface area contributed by atoms with E-state index in [1.807, 2.05) is 103 Å². The summed E-state index contributed by atoms with van der Waals surface area (Å²) in [4.78, 5) is 53.7. The van der Waals surface area contributed by atoms with Crippen LogP contribution in [0.1, 0.15) is 87.1 Å². The number of hydrogen-bond acceptors (Lipinski definition) is 10. The minimum absolute atomic E-state index is 0.0201. The Hall–Kier alpha value is -5.21. The first-order valence-corrected chi connectivity index (χ1v) is 24.6. The lowest BCUT2D eigenvalue weighted by molar-refractivity contribution is -0.214. The zero-order valence-electron chi connectivity index (χ0n) is 39.4. The van der Waals surface area contributed by atoms with Crippen molar-refractivity contribution in [3.63, 3.8) is 0 Å². The van der Waals surface area contributed by atoms with Crippen LogP contribution >= 0.6 is 0 Å². The van der Waals surface area contributed by atoms with Gasteiger partial charge in [0.2, 0.25) is 17.6 Å². The monoisotopic (exact) mass is 921 g/mol. The van der Waals surface area contributed by atoms with Crippen LogP contribution in [0, 0.1) is 22.7 Å². The van der Waals surface area contributed by atoms with Gasteiger partial charge < -0.3 is 34.3 Å². The molecular formula is C56H63N3O9. The van der Waals surface area contributed by atoms with Gasteiger partial charge in [-0.25, -0.2) is 0 Å². The average molecular weight is 922 g/mol. The molecule has 4 aromatic rings. The molecule has 7 fully saturated rings. The maximum Gasteiger partial charge on any atom is 0.327 e. The third-order valence-electron chi connectivity index (χ3n) is 16.8. The number of carbonyl (C=O) groups excluding carboxylic acids is 3. The molecule has 68 heavy (non-hydrogen) atoms. The van der Waals surface area contributed by atoms with Crippen molar-refractivity contribution in [2.45, 2.75) is 126 Å². The molecule has 3 aliphatic carbocycles. The van der Waals surface area contributed by atoms with Crippen LogP contribution in [0.3, 0.4) is 0 Å². The number of esters is 1. The van der Waals surface area contributed by atoms with Gasteiger partial charge in [-0.05, 0) is 73.0 Å². The highest BCUT2D eigenvalue weighted by molar-refractivity contribution is 5.96. The lowest BCUT2D eigenvalue weighted by Crippen LogP contribution is -2.70. The van der Waals surface area contributed by atoms with E-state index in [0.717, 1.165) is 59.9 Å². The molecule has 4 aromatic carbocycles. The standard InChI is InChI=1S/C56H63N3O9/c1-53(2)32-41-37(24-25-45-54(3,65-45)27-26-42(41)53)31-36-18-14-15-19-38(36)34-59-48-51(62)64-44-33-55(48,52(63)58(4)43(50(61)57-28-29-60)30-35-16-8-5-9-17-35)49(68-59)47-46(44)66-56(67-47,39-20-10-6-11-21-39)40-22-12-7-13-23-40/h5-23,31,41-49,60H,24-30,32-34H2,1-4H3,(H,57,61). The Bertz CT molecular complexity index is 2530. The Morgan fingerprint density at radius 2 is 1.51 bits per heavy atom. The number of hydrogen-bond donors (Lipinski definition) is 2. The minimum atomic E-state index is -1.55. The first-order chi connectivity index (χ1) is 32.8. The molecule has 7 aliphatic rings. The number of hydroxylamine groups is 2. The van der Waals surface area contributed by atoms with Gasteiger partial charge in [0, 0.05) is 37.6 Å². The minimum Gasteiger partial charge on any atom is -0.458 e. The van der Waals surface area contributed by atoms with Gasteiger partial charge in [-0.3, -0.25) is 19.2 Å². The zero-order chi connectivity index (χ0) is 47.0. The van der Waals surface area contributed by atoms with E-state index < -0.39 is 65.5 Å². The molecule has 356 valence electrons. The smallest absolute Gasteiger partial charge is 0.327 e. The lowest BCUT2D eigenvalue weighted by atomic mass is 9.52. The van der Waals surface area contributed by atoms with E-state index >= 15 is 4.79 Å². The van der Waals surface area contributed by atoms with Gasteiger partial charge in [0.1, 0.15) is 35.9 Å². The van der Waals surface area contributed by atoms with Crippen LogP contribution in [0.15, 0.2) is 121 Å². The second kappa shape index (κ2) is 17.3. The van der Waals surface area contributed by atoms with Gasteiger partial charge in [-0.2, -0.15) is 5.06 Å². The van der Waals surface area contributed by atoms with Crippen molar-refractivity contribution in [3.8, 4) is 0 Å². The number of epoxide rings is 1. The van der Waals surface area contributed by atoms with Crippen molar-refractivity contribution >= 4 is 23.9 Å². The number of nitrogens with one attached hydrogen (secondary N) is 1. The van der Waals surface area contributed by atoms with Gasteiger partial charge in [-0.15, -0.1) is 0 Å². The Morgan fingerprint density at radius 1 is 0.853 bits per heavy atom. The summed E-state index contributed by atoms with van der Waals surface area (Å²) in [6, 6.07) is 35.0. The fourth-order valence-electron chi connectivity index (χ4n) is 13.1. The van der Waals surface area contributed by atoms with Gasteiger partial charge in [0.05, 0.1) is 24.9 Å². The lowest BCUT2D eigenvalue weighted by Gasteiger charge is -2.53. The fraction of sp³-hybridized carbons (Fsp3) is 0.482. The predicted octanol–water partition coefficient (Wildman–Crippen LogP) is 7.13. The first-order valence-electron chi connectivity index (χ1n) is 24.6. The Labute approximate surface area is 398 Å². The van der Waals surface area contributed by atoms with E-state index in [0.29, 0.717) is 11.8 Å². The van der Waals surface area contributed by atoms with Crippen LogP contribution in [-0.4, -0.2) is 101 Å². The van der Waals surface area contributed by atoms with Crippen LogP contribution in [0.25, 0.3) is 6.08 Å².